The van der Waals surface area contributed by atoms with Gasteiger partial charge >= 0.3 is 0 Å². The molecular formula is C21H24N4S. The summed E-state index contributed by atoms with van der Waals surface area (Å²) in [6, 6.07) is 12.3. The van der Waals surface area contributed by atoms with Gasteiger partial charge in [0.25, 0.3) is 0 Å². The van der Waals surface area contributed by atoms with E-state index >= 15 is 0 Å². The minimum Gasteiger partial charge on any atom is -0.372 e. The van der Waals surface area contributed by atoms with E-state index in [4.69, 9.17) is 10.5 Å². The largest absolute Gasteiger partial charge is 0.372 e. The van der Waals surface area contributed by atoms with Crippen molar-refractivity contribution in [1.82, 2.24) is 4.98 Å². The number of hydrogen-bond donors (Lipinski definition) is 0. The molecular weight excluding hydrogens is 340 g/mol. The lowest BCUT2D eigenvalue weighted by atomic mass is 9.92. The molecule has 0 N–H and O–H groups in total. The van der Waals surface area contributed by atoms with Gasteiger partial charge in [-0.3, -0.25) is 0 Å². The van der Waals surface area contributed by atoms with E-state index in [1.807, 2.05) is 12.1 Å². The van der Waals surface area contributed by atoms with Crippen molar-refractivity contribution in [2.75, 3.05) is 18.0 Å². The number of thiazole rings is 1. The van der Waals surface area contributed by atoms with Crippen LogP contribution in [0.2, 0.25) is 0 Å². The number of anilines is 1. The highest BCUT2D eigenvalue weighted by Crippen LogP contribution is 2.18. The zero-order chi connectivity index (χ0) is 19.3. The first-order valence-electron chi connectivity index (χ1n) is 8.72. The maximum Gasteiger partial charge on any atom is 0.165 e. The molecule has 0 spiro atoms. The number of nitriles is 2. The molecule has 0 radical (unpaired) electrons. The van der Waals surface area contributed by atoms with E-state index in [1.165, 1.54) is 17.0 Å². The Morgan fingerprint density at radius 1 is 1.12 bits per heavy atom. The van der Waals surface area contributed by atoms with Crippen LogP contribution in [-0.2, 0) is 5.41 Å². The van der Waals surface area contributed by atoms with Crippen molar-refractivity contribution in [3.63, 3.8) is 0 Å². The summed E-state index contributed by atoms with van der Waals surface area (Å²) in [6.07, 6.45) is 2.08. The molecule has 1 aromatic carbocycles. The Bertz CT molecular complexity index is 943. The SMILES string of the molecule is CCN(CC)c1ccc(/C=c2\sc(=C(C#N)C#N)nc2C(C)(C)C)cc1. The first-order chi connectivity index (χ1) is 12.3. The fourth-order valence-corrected chi connectivity index (χ4v) is 3.90. The predicted octanol–water partition coefficient (Wildman–Crippen LogP) is 3.31. The second-order valence-corrected chi connectivity index (χ2v) is 8.02. The molecule has 4 nitrogen and oxygen atoms in total. The second kappa shape index (κ2) is 8.17. The molecule has 2 aromatic rings. The van der Waals surface area contributed by atoms with Crippen LogP contribution in [-0.4, -0.2) is 18.1 Å². The molecule has 0 bridgehead atoms. The van der Waals surface area contributed by atoms with Gasteiger partial charge in [0.1, 0.15) is 16.8 Å². The molecule has 1 aromatic heterocycles. The van der Waals surface area contributed by atoms with E-state index < -0.39 is 0 Å². The highest BCUT2D eigenvalue weighted by Gasteiger charge is 2.19. The standard InChI is InChI=1S/C21H24N4S/c1-6-25(7-2)17-10-8-15(9-11-17)12-18-19(21(3,4)5)24-20(26-18)16(13-22)14-23/h8-12H,6-7H2,1-5H3/b18-12-. The molecule has 26 heavy (non-hydrogen) atoms. The first-order valence-corrected chi connectivity index (χ1v) is 9.54. The van der Waals surface area contributed by atoms with Crippen LogP contribution in [0.3, 0.4) is 0 Å². The predicted molar refractivity (Wildman–Crippen MR) is 108 cm³/mol. The topological polar surface area (TPSA) is 63.7 Å². The summed E-state index contributed by atoms with van der Waals surface area (Å²) in [5.74, 6) is 0. The molecule has 0 aliphatic carbocycles. The molecule has 2 rings (SSSR count). The van der Waals surface area contributed by atoms with E-state index in [2.05, 4.69) is 74.8 Å². The normalized spacial score (nSPS) is 11.7. The maximum atomic E-state index is 9.14. The van der Waals surface area contributed by atoms with Gasteiger partial charge in [0, 0.05) is 24.2 Å². The van der Waals surface area contributed by atoms with Gasteiger partial charge in [-0.25, -0.2) is 4.98 Å². The lowest BCUT2D eigenvalue weighted by Crippen LogP contribution is -2.21. The minimum absolute atomic E-state index is 0.0667. The number of nitrogens with zero attached hydrogens (tertiary/aromatic N) is 4. The average molecular weight is 365 g/mol. The summed E-state index contributed by atoms with van der Waals surface area (Å²) in [4.78, 5) is 6.89. The summed E-state index contributed by atoms with van der Waals surface area (Å²) in [5, 5.41) is 18.3. The molecule has 0 saturated heterocycles. The second-order valence-electron chi connectivity index (χ2n) is 6.99. The molecule has 0 saturated carbocycles. The third kappa shape index (κ3) is 4.31. The van der Waals surface area contributed by atoms with Crippen LogP contribution in [0.4, 0.5) is 5.69 Å². The van der Waals surface area contributed by atoms with Crippen LogP contribution in [0.15, 0.2) is 24.3 Å². The number of aromatic nitrogens is 1. The Morgan fingerprint density at radius 2 is 1.69 bits per heavy atom. The molecule has 0 aliphatic rings. The fourth-order valence-electron chi connectivity index (χ4n) is 2.72. The summed E-state index contributed by atoms with van der Waals surface area (Å²) >= 11 is 1.40. The van der Waals surface area contributed by atoms with Crippen molar-refractivity contribution in [1.29, 1.82) is 10.5 Å². The molecule has 0 atom stereocenters. The van der Waals surface area contributed by atoms with Crippen LogP contribution in [0.25, 0.3) is 11.6 Å². The van der Waals surface area contributed by atoms with Crippen LogP contribution >= 0.6 is 11.3 Å². The van der Waals surface area contributed by atoms with Crippen molar-refractivity contribution >= 4 is 28.7 Å². The number of rotatable bonds is 4. The molecule has 0 aliphatic heterocycles. The van der Waals surface area contributed by atoms with Crippen molar-refractivity contribution < 1.29 is 0 Å². The van der Waals surface area contributed by atoms with Crippen molar-refractivity contribution in [2.45, 2.75) is 40.0 Å². The number of benzene rings is 1. The van der Waals surface area contributed by atoms with Gasteiger partial charge in [0.05, 0.1) is 10.2 Å². The summed E-state index contributed by atoms with van der Waals surface area (Å²) in [7, 11) is 0. The maximum absolute atomic E-state index is 9.14. The highest BCUT2D eigenvalue weighted by molar-refractivity contribution is 7.07. The number of hydrogen-bond acceptors (Lipinski definition) is 5. The zero-order valence-electron chi connectivity index (χ0n) is 16.0. The smallest absolute Gasteiger partial charge is 0.165 e. The molecule has 0 fully saturated rings. The quantitative estimate of drug-likeness (QED) is 0.835. The van der Waals surface area contributed by atoms with Crippen LogP contribution < -0.4 is 14.1 Å². The van der Waals surface area contributed by atoms with Crippen molar-refractivity contribution in [3.05, 3.63) is 44.7 Å². The third-order valence-corrected chi connectivity index (χ3v) is 5.14. The van der Waals surface area contributed by atoms with E-state index in [0.29, 0.717) is 4.66 Å². The summed E-state index contributed by atoms with van der Waals surface area (Å²) in [6.45, 7) is 12.5. The Balaban J connectivity index is 2.59. The monoisotopic (exact) mass is 364 g/mol. The average Bonchev–Trinajstić information content (AvgIpc) is 3.02. The van der Waals surface area contributed by atoms with Crippen molar-refractivity contribution in [2.24, 2.45) is 0 Å². The molecule has 0 unspecified atom stereocenters. The van der Waals surface area contributed by atoms with E-state index in [9.17, 15) is 0 Å². The Morgan fingerprint density at radius 3 is 2.15 bits per heavy atom. The van der Waals surface area contributed by atoms with Crippen LogP contribution in [0.1, 0.15) is 45.9 Å². The Hall–Kier alpha value is -2.63. The van der Waals surface area contributed by atoms with E-state index in [-0.39, 0.29) is 11.0 Å². The van der Waals surface area contributed by atoms with Gasteiger partial charge in [-0.05, 0) is 37.6 Å². The minimum atomic E-state index is -0.169. The van der Waals surface area contributed by atoms with Crippen LogP contribution in [0.5, 0.6) is 0 Å². The molecule has 1 heterocycles. The fraction of sp³-hybridized carbons (Fsp3) is 0.381. The zero-order valence-corrected chi connectivity index (χ0v) is 16.8. The van der Waals surface area contributed by atoms with Crippen LogP contribution in [0, 0.1) is 22.7 Å². The summed E-state index contributed by atoms with van der Waals surface area (Å²) in [5.41, 5.74) is 3.10. The highest BCUT2D eigenvalue weighted by atomic mass is 32.1. The van der Waals surface area contributed by atoms with Gasteiger partial charge in [0.15, 0.2) is 5.57 Å². The lowest BCUT2D eigenvalue weighted by Gasteiger charge is -2.20. The van der Waals surface area contributed by atoms with Crippen molar-refractivity contribution in [3.8, 4) is 12.1 Å². The van der Waals surface area contributed by atoms with Gasteiger partial charge in [-0.15, -0.1) is 11.3 Å². The third-order valence-electron chi connectivity index (χ3n) is 4.12. The Kier molecular flexibility index (Phi) is 6.18. The summed E-state index contributed by atoms with van der Waals surface area (Å²) < 4.78 is 1.48. The van der Waals surface area contributed by atoms with Gasteiger partial charge in [-0.2, -0.15) is 10.5 Å². The van der Waals surface area contributed by atoms with E-state index in [0.717, 1.165) is 28.9 Å². The van der Waals surface area contributed by atoms with E-state index in [1.54, 1.807) is 0 Å². The molecule has 0 amide bonds. The Labute approximate surface area is 159 Å². The molecule has 134 valence electrons. The lowest BCUT2D eigenvalue weighted by molar-refractivity contribution is 0.568. The van der Waals surface area contributed by atoms with Gasteiger partial charge < -0.3 is 4.90 Å². The van der Waals surface area contributed by atoms with Gasteiger partial charge in [0.2, 0.25) is 0 Å². The first kappa shape index (κ1) is 19.7. The molecule has 5 heteroatoms. The van der Waals surface area contributed by atoms with Gasteiger partial charge in [-0.1, -0.05) is 32.9 Å².